The lowest BCUT2D eigenvalue weighted by Gasteiger charge is -1.99. The van der Waals surface area contributed by atoms with Crippen molar-refractivity contribution in [2.75, 3.05) is 0 Å². The Hall–Kier alpha value is -2.24. The zero-order valence-electron chi connectivity index (χ0n) is 10.3. The van der Waals surface area contributed by atoms with Gasteiger partial charge in [0.2, 0.25) is 11.8 Å². The molecule has 0 saturated heterocycles. The number of halogens is 1. The lowest BCUT2D eigenvalue weighted by atomic mass is 10.1. The number of carboxylic acids is 1. The van der Waals surface area contributed by atoms with Gasteiger partial charge in [0, 0.05) is 6.42 Å². The van der Waals surface area contributed by atoms with Crippen LogP contribution in [0.2, 0.25) is 0 Å². The summed E-state index contributed by atoms with van der Waals surface area (Å²) in [5.41, 5.74) is 0.951. The maximum absolute atomic E-state index is 12.7. The lowest BCUT2D eigenvalue weighted by Crippen LogP contribution is -2.07. The first-order chi connectivity index (χ1) is 9.06. The second-order valence-corrected chi connectivity index (χ2v) is 4.22. The van der Waals surface area contributed by atoms with Crippen molar-refractivity contribution in [2.45, 2.75) is 25.7 Å². The quantitative estimate of drug-likeness (QED) is 0.895. The van der Waals surface area contributed by atoms with Gasteiger partial charge in [0.15, 0.2) is 0 Å². The van der Waals surface area contributed by atoms with E-state index in [4.69, 9.17) is 9.52 Å². The second-order valence-electron chi connectivity index (χ2n) is 4.22. The first kappa shape index (κ1) is 13.2. The minimum absolute atomic E-state index is 0.0987. The van der Waals surface area contributed by atoms with Crippen LogP contribution in [0.4, 0.5) is 4.39 Å². The Bertz CT molecular complexity index is 566. The molecule has 5 nitrogen and oxygen atoms in total. The van der Waals surface area contributed by atoms with Crippen LogP contribution in [0.25, 0.3) is 0 Å². The van der Waals surface area contributed by atoms with E-state index in [0.717, 1.165) is 5.56 Å². The van der Waals surface area contributed by atoms with Crippen LogP contribution < -0.4 is 0 Å². The molecule has 1 heterocycles. The van der Waals surface area contributed by atoms with Crippen LogP contribution in [0, 0.1) is 5.82 Å². The monoisotopic (exact) mass is 264 g/mol. The third-order valence-corrected chi connectivity index (χ3v) is 2.76. The van der Waals surface area contributed by atoms with E-state index in [0.29, 0.717) is 18.7 Å². The molecule has 0 aliphatic rings. The van der Waals surface area contributed by atoms with Crippen LogP contribution in [0.15, 0.2) is 28.7 Å². The molecule has 1 aromatic heterocycles. The van der Waals surface area contributed by atoms with E-state index in [-0.39, 0.29) is 11.7 Å². The van der Waals surface area contributed by atoms with Crippen LogP contribution >= 0.6 is 0 Å². The smallest absolute Gasteiger partial charge is 0.315 e. The molecular weight excluding hydrogens is 251 g/mol. The fourth-order valence-corrected chi connectivity index (χ4v) is 1.55. The van der Waals surface area contributed by atoms with Crippen molar-refractivity contribution in [1.29, 1.82) is 0 Å². The standard InChI is InChI=1S/C13H13FN2O3/c1-8(13(17)18)12-16-15-11(19-12)7-4-9-2-5-10(14)6-3-9/h2-3,5-6,8H,4,7H2,1H3,(H,17,18). The Morgan fingerprint density at radius 2 is 2.00 bits per heavy atom. The maximum Gasteiger partial charge on any atom is 0.315 e. The molecule has 6 heteroatoms. The van der Waals surface area contributed by atoms with Crippen molar-refractivity contribution in [3.8, 4) is 0 Å². The van der Waals surface area contributed by atoms with E-state index in [9.17, 15) is 9.18 Å². The summed E-state index contributed by atoms with van der Waals surface area (Å²) in [6.45, 7) is 1.49. The maximum atomic E-state index is 12.7. The Balaban J connectivity index is 1.97. The van der Waals surface area contributed by atoms with Crippen LogP contribution in [0.3, 0.4) is 0 Å². The van der Waals surface area contributed by atoms with Crippen molar-refractivity contribution in [3.63, 3.8) is 0 Å². The molecule has 1 atom stereocenters. The predicted octanol–water partition coefficient (Wildman–Crippen LogP) is 2.18. The van der Waals surface area contributed by atoms with E-state index in [1.165, 1.54) is 19.1 Å². The molecule has 0 bridgehead atoms. The van der Waals surface area contributed by atoms with Crippen molar-refractivity contribution >= 4 is 5.97 Å². The number of hydrogen-bond donors (Lipinski definition) is 1. The number of aromatic nitrogens is 2. The average molecular weight is 264 g/mol. The lowest BCUT2D eigenvalue weighted by molar-refractivity contribution is -0.138. The minimum atomic E-state index is -1.01. The topological polar surface area (TPSA) is 76.2 Å². The second kappa shape index (κ2) is 5.60. The van der Waals surface area contributed by atoms with E-state index in [2.05, 4.69) is 10.2 Å². The van der Waals surface area contributed by atoms with Gasteiger partial charge in [-0.2, -0.15) is 0 Å². The summed E-state index contributed by atoms with van der Waals surface area (Å²) in [4.78, 5) is 10.8. The molecule has 1 unspecified atom stereocenters. The largest absolute Gasteiger partial charge is 0.481 e. The zero-order valence-corrected chi connectivity index (χ0v) is 10.3. The van der Waals surface area contributed by atoms with Crippen LogP contribution in [-0.2, 0) is 17.6 Å². The van der Waals surface area contributed by atoms with Gasteiger partial charge in [-0.3, -0.25) is 4.79 Å². The molecule has 0 amide bonds. The van der Waals surface area contributed by atoms with Gasteiger partial charge in [-0.25, -0.2) is 4.39 Å². The molecule has 0 radical (unpaired) electrons. The Labute approximate surface area is 109 Å². The molecule has 1 N–H and O–H groups in total. The van der Waals surface area contributed by atoms with Crippen LogP contribution in [0.1, 0.15) is 30.2 Å². The highest BCUT2D eigenvalue weighted by Crippen LogP contribution is 2.15. The molecule has 2 rings (SSSR count). The van der Waals surface area contributed by atoms with Crippen molar-refractivity contribution in [2.24, 2.45) is 0 Å². The van der Waals surface area contributed by atoms with Gasteiger partial charge in [0.25, 0.3) is 0 Å². The van der Waals surface area contributed by atoms with E-state index < -0.39 is 11.9 Å². The first-order valence-electron chi connectivity index (χ1n) is 5.86. The molecular formula is C13H13FN2O3. The summed E-state index contributed by atoms with van der Waals surface area (Å²) < 4.78 is 18.0. The number of aryl methyl sites for hydroxylation is 2. The van der Waals surface area contributed by atoms with Crippen LogP contribution in [-0.4, -0.2) is 21.3 Å². The van der Waals surface area contributed by atoms with E-state index >= 15 is 0 Å². The number of rotatable bonds is 5. The SMILES string of the molecule is CC(C(=O)O)c1nnc(CCc2ccc(F)cc2)o1. The van der Waals surface area contributed by atoms with Gasteiger partial charge in [-0.15, -0.1) is 10.2 Å². The average Bonchev–Trinajstić information content (AvgIpc) is 2.86. The number of benzene rings is 1. The van der Waals surface area contributed by atoms with E-state index in [1.807, 2.05) is 0 Å². The third-order valence-electron chi connectivity index (χ3n) is 2.76. The number of nitrogens with zero attached hydrogens (tertiary/aromatic N) is 2. The summed E-state index contributed by atoms with van der Waals surface area (Å²) in [5, 5.41) is 16.3. The number of carboxylic acid groups (broad SMARTS) is 1. The first-order valence-corrected chi connectivity index (χ1v) is 5.86. The predicted molar refractivity (Wildman–Crippen MR) is 64.2 cm³/mol. The highest BCUT2D eigenvalue weighted by Gasteiger charge is 2.20. The molecule has 0 spiro atoms. The highest BCUT2D eigenvalue weighted by molar-refractivity contribution is 5.73. The molecule has 0 aliphatic heterocycles. The molecule has 2 aromatic rings. The molecule has 1 aromatic carbocycles. The van der Waals surface area contributed by atoms with Gasteiger partial charge in [0.05, 0.1) is 0 Å². The molecule has 19 heavy (non-hydrogen) atoms. The fraction of sp³-hybridized carbons (Fsp3) is 0.308. The Morgan fingerprint density at radius 3 is 2.63 bits per heavy atom. The van der Waals surface area contributed by atoms with Gasteiger partial charge in [-0.1, -0.05) is 12.1 Å². The fourth-order valence-electron chi connectivity index (χ4n) is 1.55. The molecule has 100 valence electrons. The zero-order chi connectivity index (χ0) is 13.8. The van der Waals surface area contributed by atoms with Crippen LogP contribution in [0.5, 0.6) is 0 Å². The van der Waals surface area contributed by atoms with Gasteiger partial charge in [-0.05, 0) is 31.0 Å². The molecule has 0 aliphatic carbocycles. The Morgan fingerprint density at radius 1 is 1.32 bits per heavy atom. The number of hydrogen-bond acceptors (Lipinski definition) is 4. The summed E-state index contributed by atoms with van der Waals surface area (Å²) in [7, 11) is 0. The normalized spacial score (nSPS) is 12.3. The summed E-state index contributed by atoms with van der Waals surface area (Å²) in [5.74, 6) is -1.62. The molecule has 0 fully saturated rings. The highest BCUT2D eigenvalue weighted by atomic mass is 19.1. The summed E-state index contributed by atoms with van der Waals surface area (Å²) in [6, 6.07) is 6.15. The number of carbonyl (C=O) groups is 1. The number of aliphatic carboxylic acids is 1. The third kappa shape index (κ3) is 3.37. The van der Waals surface area contributed by atoms with Gasteiger partial charge >= 0.3 is 5.97 Å². The van der Waals surface area contributed by atoms with Crippen molar-refractivity contribution in [1.82, 2.24) is 10.2 Å². The Kier molecular flexibility index (Phi) is 3.89. The van der Waals surface area contributed by atoms with Crippen molar-refractivity contribution in [3.05, 3.63) is 47.4 Å². The molecule has 0 saturated carbocycles. The van der Waals surface area contributed by atoms with Crippen molar-refractivity contribution < 1.29 is 18.7 Å². The summed E-state index contributed by atoms with van der Waals surface area (Å²) >= 11 is 0. The minimum Gasteiger partial charge on any atom is -0.481 e. The summed E-state index contributed by atoms with van der Waals surface area (Å²) in [6.07, 6.45) is 1.12. The van der Waals surface area contributed by atoms with E-state index in [1.54, 1.807) is 12.1 Å². The van der Waals surface area contributed by atoms with Gasteiger partial charge in [0.1, 0.15) is 11.7 Å². The van der Waals surface area contributed by atoms with Gasteiger partial charge < -0.3 is 9.52 Å².